The van der Waals surface area contributed by atoms with Crippen LogP contribution in [0.5, 0.6) is 0 Å². The van der Waals surface area contributed by atoms with Crippen molar-refractivity contribution in [3.63, 3.8) is 0 Å². The van der Waals surface area contributed by atoms with Gasteiger partial charge in [-0.3, -0.25) is 0 Å². The molecule has 296 valence electrons. The fourth-order valence-corrected chi connectivity index (χ4v) is 17.0. The first-order valence-corrected chi connectivity index (χ1v) is 24.2. The van der Waals surface area contributed by atoms with Crippen LogP contribution in [0.2, 0.25) is 0 Å². The van der Waals surface area contributed by atoms with Crippen molar-refractivity contribution in [2.45, 2.75) is 0 Å². The number of aromatic nitrogens is 1. The molecule has 0 amide bonds. The second kappa shape index (κ2) is 14.0. The molecular weight excluding hydrogens is 779 g/mol. The number of furan rings is 1. The van der Waals surface area contributed by atoms with E-state index in [1.54, 1.807) is 0 Å². The number of rotatable bonds is 6. The molecule has 0 atom stereocenters. The molecule has 0 aliphatic carbocycles. The summed E-state index contributed by atoms with van der Waals surface area (Å²) >= 11 is 0. The van der Waals surface area contributed by atoms with Crippen LogP contribution in [0.4, 0.5) is 0 Å². The van der Waals surface area contributed by atoms with E-state index in [-0.39, 0.29) is 0 Å². The van der Waals surface area contributed by atoms with Crippen molar-refractivity contribution in [3.8, 4) is 16.8 Å². The van der Waals surface area contributed by atoms with Gasteiger partial charge in [0, 0.05) is 0 Å². The Morgan fingerprint density at radius 3 is 1.35 bits per heavy atom. The molecule has 13 rings (SSSR count). The molecule has 63 heavy (non-hydrogen) atoms. The van der Waals surface area contributed by atoms with Gasteiger partial charge in [-0.15, -0.1) is 0 Å². The van der Waals surface area contributed by atoms with Gasteiger partial charge in [0.2, 0.25) is 0 Å². The predicted molar refractivity (Wildman–Crippen MR) is 271 cm³/mol. The van der Waals surface area contributed by atoms with E-state index in [2.05, 4.69) is 241 Å². The van der Waals surface area contributed by atoms with Crippen LogP contribution in [-0.2, 0) is 0 Å². The summed E-state index contributed by atoms with van der Waals surface area (Å²) in [5.41, 5.74) is 7.61. The summed E-state index contributed by atoms with van der Waals surface area (Å²) in [6.07, 6.45) is 0. The standard InChI is InChI=1S/C60H40NOSi/c1-4-18-43(19-5-1)63(44-20-6-2-7-21-44,45-22-8-3-9-23-45)59-39-42(38-58-60(59)52-29-15-17-31-57(52)62-58)61-55-30-16-14-28-51(55)54-37-41(33-35-56(54)61)40-32-34-50-48-26-11-10-24-46(48)47-25-12-13-27-49(47)53(50)36-40/h1-39,63H/q-1. The van der Waals surface area contributed by atoms with Crippen molar-refractivity contribution in [1.82, 2.24) is 4.57 Å². The van der Waals surface area contributed by atoms with Crippen molar-refractivity contribution in [3.05, 3.63) is 237 Å². The number of hydrogen-bond acceptors (Lipinski definition) is 1. The Morgan fingerprint density at radius 1 is 0.302 bits per heavy atom. The fraction of sp³-hybridized carbons (Fsp3) is 0. The Bertz CT molecular complexity index is 3770. The maximum atomic E-state index is 6.94. The second-order valence-electron chi connectivity index (χ2n) is 17.0. The molecule has 0 saturated carbocycles. The van der Waals surface area contributed by atoms with E-state index < -0.39 is 8.07 Å². The van der Waals surface area contributed by atoms with Gasteiger partial charge in [-0.25, -0.2) is 0 Å². The molecule has 3 heteroatoms. The van der Waals surface area contributed by atoms with Gasteiger partial charge in [-0.2, -0.15) is 0 Å². The quantitative estimate of drug-likeness (QED) is 0.0928. The van der Waals surface area contributed by atoms with E-state index in [4.69, 9.17) is 4.42 Å². The molecule has 0 aliphatic heterocycles. The first-order chi connectivity index (χ1) is 31.3. The zero-order chi connectivity index (χ0) is 41.5. The number of hydrogen-bond donors (Lipinski definition) is 0. The minimum absolute atomic E-state index is 0.898. The summed E-state index contributed by atoms with van der Waals surface area (Å²) in [5, 5.41) is 17.9. The first kappa shape index (κ1) is 35.7. The van der Waals surface area contributed by atoms with Crippen LogP contribution in [0, 0.1) is 0 Å². The Hall–Kier alpha value is -7.98. The molecule has 0 radical (unpaired) electrons. The van der Waals surface area contributed by atoms with Gasteiger partial charge < -0.3 is 0 Å². The van der Waals surface area contributed by atoms with Gasteiger partial charge in [-0.05, 0) is 16.2 Å². The van der Waals surface area contributed by atoms with E-state index in [0.717, 1.165) is 33.3 Å². The van der Waals surface area contributed by atoms with Gasteiger partial charge in [-0.1, -0.05) is 48.5 Å². The van der Waals surface area contributed by atoms with E-state index >= 15 is 0 Å². The van der Waals surface area contributed by atoms with Crippen LogP contribution < -0.4 is 20.7 Å². The van der Waals surface area contributed by atoms with Crippen molar-refractivity contribution >= 4 is 105 Å². The van der Waals surface area contributed by atoms with Crippen molar-refractivity contribution in [2.75, 3.05) is 0 Å². The molecule has 13 aromatic rings. The summed E-state index contributed by atoms with van der Waals surface area (Å²) in [4.78, 5) is 0. The second-order valence-corrected chi connectivity index (χ2v) is 21.4. The number of fused-ring (bicyclic) bond motifs is 12. The third-order valence-corrected chi connectivity index (χ3v) is 19.4. The predicted octanol–water partition coefficient (Wildman–Crippen LogP) is 12.9. The molecule has 0 bridgehead atoms. The third-order valence-electron chi connectivity index (χ3n) is 13.9. The van der Waals surface area contributed by atoms with Gasteiger partial charge in [0.15, 0.2) is 0 Å². The van der Waals surface area contributed by atoms with Crippen LogP contribution in [0.25, 0.3) is 92.9 Å². The van der Waals surface area contributed by atoms with E-state index in [9.17, 15) is 0 Å². The Kier molecular flexibility index (Phi) is 7.96. The topological polar surface area (TPSA) is 18.1 Å². The molecule has 2 heterocycles. The van der Waals surface area contributed by atoms with E-state index in [0.29, 0.717) is 0 Å². The van der Waals surface area contributed by atoms with Gasteiger partial charge in [0.25, 0.3) is 0 Å². The zero-order valence-corrected chi connectivity index (χ0v) is 35.6. The van der Waals surface area contributed by atoms with Crippen LogP contribution >= 0.6 is 0 Å². The molecule has 0 unspecified atom stereocenters. The normalized spacial score (nSPS) is 12.4. The summed E-state index contributed by atoms with van der Waals surface area (Å²) in [7, 11) is -3.47. The molecule has 2 aromatic heterocycles. The monoisotopic (exact) mass is 818 g/mol. The van der Waals surface area contributed by atoms with Crippen molar-refractivity contribution < 1.29 is 4.42 Å². The number of para-hydroxylation sites is 2. The molecule has 0 N–H and O–H groups in total. The van der Waals surface area contributed by atoms with E-state index in [1.807, 2.05) is 0 Å². The summed E-state index contributed by atoms with van der Waals surface area (Å²) in [6.45, 7) is 0. The summed E-state index contributed by atoms with van der Waals surface area (Å²) in [6, 6.07) is 87.6. The SMILES string of the molecule is c1ccc([SiH-](c2ccccc2)(c2ccccc2)c2cc(-n3c4ccccc4c4cc(-c5ccc6c7ccccc7c7ccccc7c6c5)ccc43)cc3oc4ccccc4c23)cc1. The fourth-order valence-electron chi connectivity index (χ4n) is 11.2. The summed E-state index contributed by atoms with van der Waals surface area (Å²) in [5.74, 6) is 0. The van der Waals surface area contributed by atoms with Crippen LogP contribution in [0.3, 0.4) is 0 Å². The maximum absolute atomic E-state index is 6.94. The van der Waals surface area contributed by atoms with Gasteiger partial charge in [0.05, 0.1) is 0 Å². The molecule has 11 aromatic carbocycles. The van der Waals surface area contributed by atoms with Gasteiger partial charge >= 0.3 is 303 Å². The molecule has 2 nitrogen and oxygen atoms in total. The first-order valence-electron chi connectivity index (χ1n) is 21.9. The average molecular weight is 819 g/mol. The van der Waals surface area contributed by atoms with Crippen LogP contribution in [0.15, 0.2) is 241 Å². The average Bonchev–Trinajstić information content (AvgIpc) is 3.91. The van der Waals surface area contributed by atoms with Crippen molar-refractivity contribution in [2.24, 2.45) is 0 Å². The zero-order valence-electron chi connectivity index (χ0n) is 34.4. The molecule has 0 aliphatic rings. The Balaban J connectivity index is 1.10. The summed E-state index contributed by atoms with van der Waals surface area (Å²) < 4.78 is 9.41. The van der Waals surface area contributed by atoms with Crippen molar-refractivity contribution in [1.29, 1.82) is 0 Å². The molecule has 0 fully saturated rings. The minimum atomic E-state index is -3.47. The third kappa shape index (κ3) is 5.30. The number of nitrogens with zero attached hydrogens (tertiary/aromatic N) is 1. The number of benzene rings is 11. The Morgan fingerprint density at radius 2 is 0.746 bits per heavy atom. The van der Waals surface area contributed by atoms with Crippen LogP contribution in [-0.4, -0.2) is 12.6 Å². The molecule has 0 spiro atoms. The molecular formula is C60H40NOSi-. The van der Waals surface area contributed by atoms with Gasteiger partial charge in [0.1, 0.15) is 0 Å². The Labute approximate surface area is 365 Å². The van der Waals surface area contributed by atoms with E-state index in [1.165, 1.54) is 80.3 Å². The molecule has 0 saturated heterocycles. The van der Waals surface area contributed by atoms with Crippen LogP contribution in [0.1, 0.15) is 0 Å².